The molecular formula is C13H18O5. The first-order chi connectivity index (χ1) is 8.72. The van der Waals surface area contributed by atoms with Crippen molar-refractivity contribution in [2.75, 3.05) is 34.5 Å². The van der Waals surface area contributed by atoms with Crippen LogP contribution in [0.25, 0.3) is 0 Å². The summed E-state index contributed by atoms with van der Waals surface area (Å²) in [4.78, 5) is 0. The number of hydrogen-bond acceptors (Lipinski definition) is 5. The number of aliphatic hydroxyl groups is 1. The van der Waals surface area contributed by atoms with E-state index in [1.807, 2.05) is 0 Å². The van der Waals surface area contributed by atoms with Crippen LogP contribution in [0.3, 0.4) is 0 Å². The van der Waals surface area contributed by atoms with E-state index in [2.05, 4.69) is 0 Å². The van der Waals surface area contributed by atoms with Crippen LogP contribution in [0.15, 0.2) is 6.07 Å². The van der Waals surface area contributed by atoms with Gasteiger partial charge in [-0.3, -0.25) is 0 Å². The number of benzene rings is 1. The topological polar surface area (TPSA) is 57.2 Å². The molecular weight excluding hydrogens is 236 g/mol. The Bertz CT molecular complexity index is 430. The fourth-order valence-corrected chi connectivity index (χ4v) is 2.25. The first-order valence-corrected chi connectivity index (χ1v) is 5.80. The molecule has 0 fully saturated rings. The Hall–Kier alpha value is -1.46. The van der Waals surface area contributed by atoms with Crippen LogP contribution >= 0.6 is 0 Å². The molecule has 0 aromatic heterocycles. The molecule has 1 N–H and O–H groups in total. The van der Waals surface area contributed by atoms with E-state index in [9.17, 15) is 5.11 Å². The normalized spacial score (nSPS) is 18.8. The molecule has 1 aromatic carbocycles. The summed E-state index contributed by atoms with van der Waals surface area (Å²) in [5.41, 5.74) is 1.70. The molecule has 0 radical (unpaired) electrons. The van der Waals surface area contributed by atoms with Crippen LogP contribution in [0.1, 0.15) is 17.2 Å². The maximum Gasteiger partial charge on any atom is 0.203 e. The van der Waals surface area contributed by atoms with Gasteiger partial charge in [-0.25, -0.2) is 0 Å². The molecule has 1 aliphatic rings. The molecule has 1 unspecified atom stereocenters. The van der Waals surface area contributed by atoms with Gasteiger partial charge in [-0.1, -0.05) is 0 Å². The predicted molar refractivity (Wildman–Crippen MR) is 65.6 cm³/mol. The lowest BCUT2D eigenvalue weighted by Crippen LogP contribution is -2.07. The molecule has 18 heavy (non-hydrogen) atoms. The van der Waals surface area contributed by atoms with E-state index in [0.29, 0.717) is 30.3 Å². The zero-order valence-corrected chi connectivity index (χ0v) is 10.9. The van der Waals surface area contributed by atoms with Gasteiger partial charge in [-0.05, 0) is 18.1 Å². The summed E-state index contributed by atoms with van der Waals surface area (Å²) in [7, 11) is 4.70. The number of aliphatic hydroxyl groups excluding tert-OH is 1. The van der Waals surface area contributed by atoms with Crippen LogP contribution in [0, 0.1) is 0 Å². The van der Waals surface area contributed by atoms with Crippen molar-refractivity contribution in [3.05, 3.63) is 17.2 Å². The third-order valence-electron chi connectivity index (χ3n) is 3.10. The standard InChI is InChI=1S/C13H18O5/c1-15-11-6-9-8(4-5-18-7-10(9)14)12(16-2)13(11)17-3/h6,10,14H,4-5,7H2,1-3H3. The molecule has 5 heteroatoms. The molecule has 0 spiro atoms. The van der Waals surface area contributed by atoms with Gasteiger partial charge < -0.3 is 24.1 Å². The number of fused-ring (bicyclic) bond motifs is 1. The SMILES string of the molecule is COc1cc2c(c(OC)c1OC)CCOCC2O. The van der Waals surface area contributed by atoms with E-state index < -0.39 is 6.10 Å². The maximum atomic E-state index is 10.1. The lowest BCUT2D eigenvalue weighted by molar-refractivity contribution is 0.0451. The predicted octanol–water partition coefficient (Wildman–Crippen LogP) is 1.32. The van der Waals surface area contributed by atoms with E-state index >= 15 is 0 Å². The van der Waals surface area contributed by atoms with E-state index in [1.165, 1.54) is 0 Å². The Morgan fingerprint density at radius 1 is 1.17 bits per heavy atom. The van der Waals surface area contributed by atoms with Crippen molar-refractivity contribution >= 4 is 0 Å². The summed E-state index contributed by atoms with van der Waals surface area (Å²) in [5.74, 6) is 1.71. The highest BCUT2D eigenvalue weighted by Gasteiger charge is 2.25. The van der Waals surface area contributed by atoms with Crippen molar-refractivity contribution in [2.45, 2.75) is 12.5 Å². The quantitative estimate of drug-likeness (QED) is 0.881. The highest BCUT2D eigenvalue weighted by molar-refractivity contribution is 5.60. The Morgan fingerprint density at radius 2 is 1.89 bits per heavy atom. The van der Waals surface area contributed by atoms with Crippen LogP contribution in [-0.2, 0) is 11.2 Å². The molecule has 1 aliphatic heterocycles. The van der Waals surface area contributed by atoms with Crippen LogP contribution in [-0.4, -0.2) is 39.6 Å². The van der Waals surface area contributed by atoms with Crippen LogP contribution in [0.5, 0.6) is 17.2 Å². The van der Waals surface area contributed by atoms with Gasteiger partial charge in [0.1, 0.15) is 6.10 Å². The first-order valence-electron chi connectivity index (χ1n) is 5.80. The minimum atomic E-state index is -0.670. The molecule has 1 aromatic rings. The van der Waals surface area contributed by atoms with Crippen molar-refractivity contribution in [3.63, 3.8) is 0 Å². The molecule has 1 atom stereocenters. The zero-order valence-electron chi connectivity index (χ0n) is 10.9. The highest BCUT2D eigenvalue weighted by atomic mass is 16.5. The van der Waals surface area contributed by atoms with Gasteiger partial charge in [0.15, 0.2) is 11.5 Å². The van der Waals surface area contributed by atoms with Gasteiger partial charge in [-0.15, -0.1) is 0 Å². The van der Waals surface area contributed by atoms with Gasteiger partial charge in [0, 0.05) is 5.56 Å². The Morgan fingerprint density at radius 3 is 2.50 bits per heavy atom. The molecule has 0 amide bonds. The molecule has 0 saturated carbocycles. The smallest absolute Gasteiger partial charge is 0.203 e. The first kappa shape index (κ1) is 13.0. The lowest BCUT2D eigenvalue weighted by atomic mass is 9.99. The molecule has 100 valence electrons. The summed E-state index contributed by atoms with van der Waals surface area (Å²) >= 11 is 0. The summed E-state index contributed by atoms with van der Waals surface area (Å²) in [5, 5.41) is 10.1. The second-order valence-corrected chi connectivity index (χ2v) is 4.05. The molecule has 5 nitrogen and oxygen atoms in total. The van der Waals surface area contributed by atoms with E-state index in [-0.39, 0.29) is 6.61 Å². The largest absolute Gasteiger partial charge is 0.493 e. The number of methoxy groups -OCH3 is 3. The summed E-state index contributed by atoms with van der Waals surface area (Å²) in [6.07, 6.45) is 0.00633. The maximum absolute atomic E-state index is 10.1. The molecule has 0 saturated heterocycles. The zero-order chi connectivity index (χ0) is 13.1. The molecule has 0 bridgehead atoms. The Kier molecular flexibility index (Phi) is 3.93. The van der Waals surface area contributed by atoms with Crippen molar-refractivity contribution in [2.24, 2.45) is 0 Å². The highest BCUT2D eigenvalue weighted by Crippen LogP contribution is 2.44. The van der Waals surface area contributed by atoms with E-state index in [4.69, 9.17) is 18.9 Å². The van der Waals surface area contributed by atoms with Crippen molar-refractivity contribution in [1.29, 1.82) is 0 Å². The second-order valence-electron chi connectivity index (χ2n) is 4.05. The number of ether oxygens (including phenoxy) is 4. The fraction of sp³-hybridized carbons (Fsp3) is 0.538. The van der Waals surface area contributed by atoms with Crippen LogP contribution in [0.4, 0.5) is 0 Å². The van der Waals surface area contributed by atoms with Gasteiger partial charge in [-0.2, -0.15) is 0 Å². The number of rotatable bonds is 3. The fourth-order valence-electron chi connectivity index (χ4n) is 2.25. The Balaban J connectivity index is 2.64. The van der Waals surface area contributed by atoms with E-state index in [0.717, 1.165) is 11.1 Å². The Labute approximate surface area is 106 Å². The van der Waals surface area contributed by atoms with E-state index in [1.54, 1.807) is 27.4 Å². The minimum absolute atomic E-state index is 0.283. The van der Waals surface area contributed by atoms with Crippen molar-refractivity contribution < 1.29 is 24.1 Å². The lowest BCUT2D eigenvalue weighted by Gasteiger charge is -2.19. The average molecular weight is 254 g/mol. The molecule has 2 rings (SSSR count). The van der Waals surface area contributed by atoms with Gasteiger partial charge in [0.2, 0.25) is 5.75 Å². The minimum Gasteiger partial charge on any atom is -0.493 e. The van der Waals surface area contributed by atoms with Crippen molar-refractivity contribution in [3.8, 4) is 17.2 Å². The summed E-state index contributed by atoms with van der Waals surface area (Å²) < 4.78 is 21.4. The van der Waals surface area contributed by atoms with Gasteiger partial charge in [0.05, 0.1) is 34.5 Å². The van der Waals surface area contributed by atoms with Gasteiger partial charge in [0.25, 0.3) is 0 Å². The average Bonchev–Trinajstić information content (AvgIpc) is 2.58. The third kappa shape index (κ3) is 2.11. The summed E-state index contributed by atoms with van der Waals surface area (Å²) in [6, 6.07) is 1.79. The molecule has 0 aliphatic carbocycles. The monoisotopic (exact) mass is 254 g/mol. The van der Waals surface area contributed by atoms with Crippen LogP contribution < -0.4 is 14.2 Å². The third-order valence-corrected chi connectivity index (χ3v) is 3.10. The van der Waals surface area contributed by atoms with Gasteiger partial charge >= 0.3 is 0 Å². The molecule has 1 heterocycles. The number of hydrogen-bond donors (Lipinski definition) is 1. The van der Waals surface area contributed by atoms with Crippen molar-refractivity contribution in [1.82, 2.24) is 0 Å². The summed E-state index contributed by atoms with van der Waals surface area (Å²) in [6.45, 7) is 0.835. The van der Waals surface area contributed by atoms with Crippen LogP contribution in [0.2, 0.25) is 0 Å². The second kappa shape index (κ2) is 5.46.